The first kappa shape index (κ1) is 13.1. The Morgan fingerprint density at radius 3 is 2.78 bits per heavy atom. The predicted octanol–water partition coefficient (Wildman–Crippen LogP) is 1.75. The van der Waals surface area contributed by atoms with Gasteiger partial charge in [-0.1, -0.05) is 37.3 Å². The Morgan fingerprint density at radius 1 is 1.44 bits per heavy atom. The van der Waals surface area contributed by atoms with Gasteiger partial charge in [0, 0.05) is 13.1 Å². The lowest BCUT2D eigenvalue weighted by atomic mass is 10.0. The van der Waals surface area contributed by atoms with Crippen molar-refractivity contribution in [1.29, 1.82) is 0 Å². The van der Waals surface area contributed by atoms with Gasteiger partial charge in [0.1, 0.15) is 6.04 Å². The summed E-state index contributed by atoms with van der Waals surface area (Å²) in [6.07, 6.45) is 0.516. The van der Waals surface area contributed by atoms with Crippen LogP contribution in [-0.2, 0) is 16.1 Å². The summed E-state index contributed by atoms with van der Waals surface area (Å²) in [4.78, 5) is 13.4. The fourth-order valence-electron chi connectivity index (χ4n) is 2.44. The monoisotopic (exact) mass is 249 g/mol. The van der Waals surface area contributed by atoms with Crippen LogP contribution in [0.2, 0.25) is 0 Å². The van der Waals surface area contributed by atoms with Crippen molar-refractivity contribution in [1.82, 2.24) is 4.90 Å². The summed E-state index contributed by atoms with van der Waals surface area (Å²) in [5, 5.41) is 9.37. The molecule has 18 heavy (non-hydrogen) atoms. The maximum atomic E-state index is 11.4. The molecule has 1 heterocycles. The molecule has 1 aromatic rings. The molecule has 1 unspecified atom stereocenters. The van der Waals surface area contributed by atoms with Crippen LogP contribution < -0.4 is 0 Å². The van der Waals surface area contributed by atoms with E-state index in [0.717, 1.165) is 12.0 Å². The first-order valence-electron chi connectivity index (χ1n) is 6.34. The van der Waals surface area contributed by atoms with Crippen LogP contribution in [0, 0.1) is 0 Å². The van der Waals surface area contributed by atoms with E-state index in [1.54, 1.807) is 0 Å². The van der Waals surface area contributed by atoms with Crippen molar-refractivity contribution in [2.75, 3.05) is 13.2 Å². The number of aliphatic carboxylic acids is 1. The molecule has 0 bridgehead atoms. The minimum absolute atomic E-state index is 0.208. The molecule has 0 saturated carbocycles. The number of ether oxygens (including phenoxy) is 1. The van der Waals surface area contributed by atoms with Gasteiger partial charge in [-0.2, -0.15) is 0 Å². The molecule has 2 atom stereocenters. The number of hydrogen-bond acceptors (Lipinski definition) is 3. The zero-order valence-electron chi connectivity index (χ0n) is 10.6. The van der Waals surface area contributed by atoms with Gasteiger partial charge in [-0.25, -0.2) is 0 Å². The first-order valence-corrected chi connectivity index (χ1v) is 6.34. The number of carboxylic acid groups (broad SMARTS) is 1. The normalized spacial score (nSPS) is 24.9. The van der Waals surface area contributed by atoms with Gasteiger partial charge in [0.05, 0.1) is 12.7 Å². The van der Waals surface area contributed by atoms with Crippen LogP contribution in [-0.4, -0.2) is 41.3 Å². The Morgan fingerprint density at radius 2 is 2.17 bits per heavy atom. The molecule has 1 aromatic carbocycles. The molecule has 0 radical (unpaired) electrons. The highest BCUT2D eigenvalue weighted by molar-refractivity contribution is 5.74. The summed E-state index contributed by atoms with van der Waals surface area (Å²) < 4.78 is 5.55. The maximum absolute atomic E-state index is 11.4. The van der Waals surface area contributed by atoms with Gasteiger partial charge >= 0.3 is 5.97 Å². The van der Waals surface area contributed by atoms with E-state index >= 15 is 0 Å². The third kappa shape index (κ3) is 2.89. The zero-order valence-corrected chi connectivity index (χ0v) is 10.6. The average Bonchev–Trinajstić information content (AvgIpc) is 2.39. The van der Waals surface area contributed by atoms with Crippen molar-refractivity contribution < 1.29 is 14.6 Å². The molecule has 1 aliphatic rings. The Kier molecular flexibility index (Phi) is 4.33. The average molecular weight is 249 g/mol. The highest BCUT2D eigenvalue weighted by Crippen LogP contribution is 2.19. The van der Waals surface area contributed by atoms with Gasteiger partial charge in [-0.05, 0) is 12.0 Å². The summed E-state index contributed by atoms with van der Waals surface area (Å²) in [6.45, 7) is 3.90. The zero-order chi connectivity index (χ0) is 13.0. The lowest BCUT2D eigenvalue weighted by Crippen LogP contribution is -2.54. The van der Waals surface area contributed by atoms with E-state index in [1.807, 2.05) is 42.2 Å². The Bertz CT molecular complexity index is 393. The Hall–Kier alpha value is -1.39. The third-order valence-electron chi connectivity index (χ3n) is 3.34. The van der Waals surface area contributed by atoms with Crippen molar-refractivity contribution in [3.63, 3.8) is 0 Å². The summed E-state index contributed by atoms with van der Waals surface area (Å²) >= 11 is 0. The maximum Gasteiger partial charge on any atom is 0.323 e. The number of benzene rings is 1. The molecule has 0 amide bonds. The van der Waals surface area contributed by atoms with Crippen LogP contribution in [0.25, 0.3) is 0 Å². The van der Waals surface area contributed by atoms with Gasteiger partial charge < -0.3 is 9.84 Å². The minimum atomic E-state index is -0.794. The molecule has 1 aliphatic heterocycles. The van der Waals surface area contributed by atoms with E-state index in [4.69, 9.17) is 4.74 Å². The van der Waals surface area contributed by atoms with Crippen LogP contribution in [0.4, 0.5) is 0 Å². The van der Waals surface area contributed by atoms with Gasteiger partial charge in [0.25, 0.3) is 0 Å². The predicted molar refractivity (Wildman–Crippen MR) is 68.3 cm³/mol. The smallest absolute Gasteiger partial charge is 0.323 e. The van der Waals surface area contributed by atoms with Crippen molar-refractivity contribution in [3.05, 3.63) is 35.9 Å². The number of hydrogen-bond donors (Lipinski definition) is 1. The fourth-order valence-corrected chi connectivity index (χ4v) is 2.44. The number of nitrogens with zero attached hydrogens (tertiary/aromatic N) is 1. The number of morpholine rings is 1. The van der Waals surface area contributed by atoms with Crippen molar-refractivity contribution >= 4 is 5.97 Å². The molecular formula is C14H19NO3. The number of rotatable bonds is 4. The Balaban J connectivity index is 2.12. The quantitative estimate of drug-likeness (QED) is 0.883. The van der Waals surface area contributed by atoms with Gasteiger partial charge in [0.15, 0.2) is 0 Å². The van der Waals surface area contributed by atoms with E-state index in [-0.39, 0.29) is 6.10 Å². The second-order valence-electron chi connectivity index (χ2n) is 4.56. The second-order valence-corrected chi connectivity index (χ2v) is 4.56. The molecule has 4 nitrogen and oxygen atoms in total. The minimum Gasteiger partial charge on any atom is -0.480 e. The standard InChI is InChI=1S/C14H19NO3/c1-2-12-13(14(16)17)15(8-9-18-12)10-11-6-4-3-5-7-11/h3-7,12-13H,2,8-10H2,1H3,(H,16,17)/t12?,13-/m1/s1. The SMILES string of the molecule is CCC1OCCN(Cc2ccccc2)[C@H]1C(=O)O. The summed E-state index contributed by atoms with van der Waals surface area (Å²) in [7, 11) is 0. The molecule has 1 fully saturated rings. The van der Waals surface area contributed by atoms with Gasteiger partial charge in [-0.15, -0.1) is 0 Å². The lowest BCUT2D eigenvalue weighted by Gasteiger charge is -2.38. The van der Waals surface area contributed by atoms with E-state index in [9.17, 15) is 9.90 Å². The van der Waals surface area contributed by atoms with Crippen molar-refractivity contribution in [2.45, 2.75) is 32.0 Å². The summed E-state index contributed by atoms with van der Waals surface area (Å²) in [5.74, 6) is -0.794. The van der Waals surface area contributed by atoms with Crippen LogP contribution >= 0.6 is 0 Å². The largest absolute Gasteiger partial charge is 0.480 e. The van der Waals surface area contributed by atoms with Crippen molar-refractivity contribution in [2.24, 2.45) is 0 Å². The second kappa shape index (κ2) is 5.98. The number of carboxylic acids is 1. The van der Waals surface area contributed by atoms with Crippen LogP contribution in [0.5, 0.6) is 0 Å². The van der Waals surface area contributed by atoms with Gasteiger partial charge in [-0.3, -0.25) is 9.69 Å². The molecule has 2 rings (SSSR count). The van der Waals surface area contributed by atoms with E-state index in [2.05, 4.69) is 0 Å². The topological polar surface area (TPSA) is 49.8 Å². The molecule has 0 aliphatic carbocycles. The van der Waals surface area contributed by atoms with Crippen LogP contribution in [0.1, 0.15) is 18.9 Å². The summed E-state index contributed by atoms with van der Waals surface area (Å²) in [5.41, 5.74) is 1.14. The van der Waals surface area contributed by atoms with E-state index in [1.165, 1.54) is 0 Å². The molecule has 98 valence electrons. The molecule has 4 heteroatoms. The summed E-state index contributed by atoms with van der Waals surface area (Å²) in [6, 6.07) is 9.42. The van der Waals surface area contributed by atoms with Crippen molar-refractivity contribution in [3.8, 4) is 0 Å². The molecule has 0 aromatic heterocycles. The fraction of sp³-hybridized carbons (Fsp3) is 0.500. The van der Waals surface area contributed by atoms with E-state index in [0.29, 0.717) is 19.7 Å². The molecular weight excluding hydrogens is 230 g/mol. The Labute approximate surface area is 107 Å². The molecule has 0 spiro atoms. The van der Waals surface area contributed by atoms with E-state index < -0.39 is 12.0 Å². The number of carbonyl (C=O) groups is 1. The molecule has 1 saturated heterocycles. The molecule has 1 N–H and O–H groups in total. The highest BCUT2D eigenvalue weighted by atomic mass is 16.5. The first-order chi connectivity index (χ1) is 8.72. The third-order valence-corrected chi connectivity index (χ3v) is 3.34. The van der Waals surface area contributed by atoms with Gasteiger partial charge in [0.2, 0.25) is 0 Å². The lowest BCUT2D eigenvalue weighted by molar-refractivity contribution is -0.158. The highest BCUT2D eigenvalue weighted by Gasteiger charge is 2.36. The van der Waals surface area contributed by atoms with Crippen LogP contribution in [0.15, 0.2) is 30.3 Å². The van der Waals surface area contributed by atoms with Crippen LogP contribution in [0.3, 0.4) is 0 Å².